The second kappa shape index (κ2) is 4.67. The molecule has 0 spiro atoms. The summed E-state index contributed by atoms with van der Waals surface area (Å²) in [6, 6.07) is 1.79. The summed E-state index contributed by atoms with van der Waals surface area (Å²) in [6.07, 6.45) is -2.27. The van der Waals surface area contributed by atoms with Crippen LogP contribution in [0.4, 0.5) is 5.95 Å². The number of aliphatic hydroxyl groups excluding tert-OH is 3. The minimum Gasteiger partial charge on any atom is -0.394 e. The Labute approximate surface area is 114 Å². The summed E-state index contributed by atoms with van der Waals surface area (Å²) in [4.78, 5) is 8.21. The maximum absolute atomic E-state index is 10.0. The number of anilines is 1. The molecule has 2 aromatic heterocycles. The third-order valence-electron chi connectivity index (χ3n) is 3.57. The van der Waals surface area contributed by atoms with Crippen LogP contribution in [0.1, 0.15) is 11.9 Å². The average molecular weight is 280 g/mol. The molecule has 1 fully saturated rings. The van der Waals surface area contributed by atoms with Gasteiger partial charge in [0.2, 0.25) is 5.95 Å². The standard InChI is InChI=1S/C12H16N4O4/c1-5-6-2-3-16(10(6)15-12(13)14-5)11-9(19)8(18)7(4-17)20-11/h2-3,7-9,11,17-19H,4H2,1H3,(H2,13,14,15)/t7-,8?,9?,11-/m1/s1. The molecule has 0 amide bonds. The summed E-state index contributed by atoms with van der Waals surface area (Å²) in [5.41, 5.74) is 6.88. The van der Waals surface area contributed by atoms with Gasteiger partial charge in [-0.2, -0.15) is 4.98 Å². The molecule has 0 aromatic carbocycles. The highest BCUT2D eigenvalue weighted by Gasteiger charge is 2.43. The van der Waals surface area contributed by atoms with E-state index in [2.05, 4.69) is 9.97 Å². The van der Waals surface area contributed by atoms with Gasteiger partial charge >= 0.3 is 0 Å². The number of aromatic nitrogens is 3. The molecular weight excluding hydrogens is 264 g/mol. The number of aliphatic hydroxyl groups is 3. The zero-order chi connectivity index (χ0) is 14.4. The number of aryl methyl sites for hydroxylation is 1. The molecule has 3 heterocycles. The van der Waals surface area contributed by atoms with E-state index in [9.17, 15) is 10.2 Å². The third-order valence-corrected chi connectivity index (χ3v) is 3.57. The van der Waals surface area contributed by atoms with Crippen LogP contribution in [0.5, 0.6) is 0 Å². The fourth-order valence-electron chi connectivity index (χ4n) is 2.52. The average Bonchev–Trinajstić information content (AvgIpc) is 2.93. The van der Waals surface area contributed by atoms with Crippen molar-refractivity contribution in [1.29, 1.82) is 0 Å². The molecule has 1 aliphatic heterocycles. The maximum atomic E-state index is 10.0. The van der Waals surface area contributed by atoms with Gasteiger partial charge in [0.1, 0.15) is 24.0 Å². The molecule has 108 valence electrons. The topological polar surface area (TPSA) is 127 Å². The zero-order valence-electron chi connectivity index (χ0n) is 10.8. The number of nitrogens with two attached hydrogens (primary N) is 1. The molecule has 2 aromatic rings. The Morgan fingerprint density at radius 1 is 1.35 bits per heavy atom. The first-order chi connectivity index (χ1) is 9.52. The highest BCUT2D eigenvalue weighted by Crippen LogP contribution is 2.32. The van der Waals surface area contributed by atoms with Gasteiger partial charge in [0.15, 0.2) is 6.23 Å². The lowest BCUT2D eigenvalue weighted by molar-refractivity contribution is -0.0508. The van der Waals surface area contributed by atoms with Crippen molar-refractivity contribution < 1.29 is 20.1 Å². The van der Waals surface area contributed by atoms with E-state index in [4.69, 9.17) is 15.6 Å². The van der Waals surface area contributed by atoms with Crippen LogP contribution < -0.4 is 5.73 Å². The van der Waals surface area contributed by atoms with Crippen LogP contribution in [0, 0.1) is 6.92 Å². The van der Waals surface area contributed by atoms with Crippen LogP contribution >= 0.6 is 0 Å². The van der Waals surface area contributed by atoms with Gasteiger partial charge in [0.25, 0.3) is 0 Å². The van der Waals surface area contributed by atoms with Crippen LogP contribution in [0.3, 0.4) is 0 Å². The summed E-state index contributed by atoms with van der Waals surface area (Å²) in [7, 11) is 0. The largest absolute Gasteiger partial charge is 0.394 e. The first-order valence-corrected chi connectivity index (χ1v) is 6.26. The van der Waals surface area contributed by atoms with Gasteiger partial charge in [0.05, 0.1) is 12.3 Å². The highest BCUT2D eigenvalue weighted by atomic mass is 16.6. The van der Waals surface area contributed by atoms with Crippen LogP contribution in [-0.2, 0) is 4.74 Å². The minimum atomic E-state index is -1.15. The third kappa shape index (κ3) is 1.85. The quantitative estimate of drug-likeness (QED) is 0.552. The Balaban J connectivity index is 2.07. The zero-order valence-corrected chi connectivity index (χ0v) is 10.8. The molecule has 2 unspecified atom stereocenters. The van der Waals surface area contributed by atoms with E-state index in [0.29, 0.717) is 5.65 Å². The smallest absolute Gasteiger partial charge is 0.222 e. The molecule has 8 nitrogen and oxygen atoms in total. The van der Waals surface area contributed by atoms with Gasteiger partial charge in [-0.25, -0.2) is 4.98 Å². The lowest BCUT2D eigenvalue weighted by Gasteiger charge is -2.17. The maximum Gasteiger partial charge on any atom is 0.222 e. The number of hydrogen-bond donors (Lipinski definition) is 4. The Morgan fingerprint density at radius 2 is 2.10 bits per heavy atom. The molecule has 8 heteroatoms. The van der Waals surface area contributed by atoms with E-state index in [1.165, 1.54) is 0 Å². The van der Waals surface area contributed by atoms with Crippen LogP contribution in [-0.4, -0.2) is 54.8 Å². The van der Waals surface area contributed by atoms with E-state index in [1.807, 2.05) is 6.92 Å². The van der Waals surface area contributed by atoms with Crippen LogP contribution in [0.25, 0.3) is 11.0 Å². The fraction of sp³-hybridized carbons (Fsp3) is 0.500. The molecule has 0 radical (unpaired) electrons. The van der Waals surface area contributed by atoms with Gasteiger partial charge in [-0.1, -0.05) is 0 Å². The predicted molar refractivity (Wildman–Crippen MR) is 69.7 cm³/mol. The molecule has 1 saturated heterocycles. The first kappa shape index (κ1) is 13.3. The van der Waals surface area contributed by atoms with Crippen molar-refractivity contribution in [3.05, 3.63) is 18.0 Å². The monoisotopic (exact) mass is 280 g/mol. The Hall–Kier alpha value is -1.74. The predicted octanol–water partition coefficient (Wildman–Crippen LogP) is -1.07. The van der Waals surface area contributed by atoms with Crippen molar-refractivity contribution in [3.8, 4) is 0 Å². The molecule has 4 atom stereocenters. The Bertz CT molecular complexity index is 644. The van der Waals surface area contributed by atoms with Crippen molar-refractivity contribution in [2.75, 3.05) is 12.3 Å². The van der Waals surface area contributed by atoms with E-state index < -0.39 is 24.5 Å². The fourth-order valence-corrected chi connectivity index (χ4v) is 2.52. The van der Waals surface area contributed by atoms with Gasteiger partial charge in [-0.05, 0) is 13.0 Å². The lowest BCUT2D eigenvalue weighted by atomic mass is 10.1. The summed E-state index contributed by atoms with van der Waals surface area (Å²) < 4.78 is 7.07. The van der Waals surface area contributed by atoms with E-state index in [0.717, 1.165) is 11.1 Å². The molecule has 3 rings (SSSR count). The minimum absolute atomic E-state index is 0.127. The van der Waals surface area contributed by atoms with Crippen LogP contribution in [0.2, 0.25) is 0 Å². The van der Waals surface area contributed by atoms with Crippen molar-refractivity contribution in [1.82, 2.24) is 14.5 Å². The van der Waals surface area contributed by atoms with E-state index in [-0.39, 0.29) is 12.6 Å². The summed E-state index contributed by atoms with van der Waals surface area (Å²) in [5, 5.41) is 29.8. The number of nitrogens with zero attached hydrogens (tertiary/aromatic N) is 3. The number of fused-ring (bicyclic) bond motifs is 1. The summed E-state index contributed by atoms with van der Waals surface area (Å²) in [6.45, 7) is 1.44. The highest BCUT2D eigenvalue weighted by molar-refractivity contribution is 5.79. The SMILES string of the molecule is Cc1nc(N)nc2c1ccn2[C@@H]1O[C@H](CO)C(O)C1O. The summed E-state index contributed by atoms with van der Waals surface area (Å²) in [5.74, 6) is 0.127. The number of rotatable bonds is 2. The second-order valence-corrected chi connectivity index (χ2v) is 4.86. The van der Waals surface area contributed by atoms with Crippen molar-refractivity contribution >= 4 is 17.0 Å². The van der Waals surface area contributed by atoms with Crippen molar-refractivity contribution in [2.45, 2.75) is 31.5 Å². The van der Waals surface area contributed by atoms with Gasteiger partial charge in [-0.3, -0.25) is 0 Å². The molecule has 0 saturated carbocycles. The van der Waals surface area contributed by atoms with Crippen LogP contribution in [0.15, 0.2) is 12.3 Å². The molecule has 5 N–H and O–H groups in total. The molecule has 0 aliphatic carbocycles. The first-order valence-electron chi connectivity index (χ1n) is 6.26. The van der Waals surface area contributed by atoms with Gasteiger partial charge in [-0.15, -0.1) is 0 Å². The molecule has 1 aliphatic rings. The number of hydrogen-bond acceptors (Lipinski definition) is 7. The van der Waals surface area contributed by atoms with E-state index in [1.54, 1.807) is 16.8 Å². The Morgan fingerprint density at radius 3 is 2.75 bits per heavy atom. The molecule has 20 heavy (non-hydrogen) atoms. The molecular formula is C12H16N4O4. The number of ether oxygens (including phenoxy) is 1. The summed E-state index contributed by atoms with van der Waals surface area (Å²) >= 11 is 0. The normalized spacial score (nSPS) is 30.2. The molecule has 0 bridgehead atoms. The number of nitrogen functional groups attached to an aromatic ring is 1. The van der Waals surface area contributed by atoms with Crippen molar-refractivity contribution in [3.63, 3.8) is 0 Å². The van der Waals surface area contributed by atoms with Gasteiger partial charge in [0, 0.05) is 11.6 Å². The Kier molecular flexibility index (Phi) is 3.09. The van der Waals surface area contributed by atoms with Gasteiger partial charge < -0.3 is 30.4 Å². The lowest BCUT2D eigenvalue weighted by Crippen LogP contribution is -2.33. The van der Waals surface area contributed by atoms with E-state index >= 15 is 0 Å². The van der Waals surface area contributed by atoms with Crippen molar-refractivity contribution in [2.24, 2.45) is 0 Å². The second-order valence-electron chi connectivity index (χ2n) is 4.86.